The van der Waals surface area contributed by atoms with Crippen LogP contribution in [0.2, 0.25) is 0 Å². The summed E-state index contributed by atoms with van der Waals surface area (Å²) in [5.41, 5.74) is 2.45. The quantitative estimate of drug-likeness (QED) is 0.383. The number of nitrogens with one attached hydrogen (secondary N) is 1. The molecule has 1 aliphatic rings. The second-order valence-electron chi connectivity index (χ2n) is 9.36. The minimum absolute atomic E-state index is 0.0881. The van der Waals surface area contributed by atoms with Gasteiger partial charge in [-0.05, 0) is 59.5 Å². The van der Waals surface area contributed by atoms with Gasteiger partial charge in [-0.25, -0.2) is 4.98 Å². The minimum Gasteiger partial charge on any atom is -0.493 e. The van der Waals surface area contributed by atoms with Crippen molar-refractivity contribution >= 4 is 17.7 Å². The zero-order valence-corrected chi connectivity index (χ0v) is 21.8. The Balaban J connectivity index is 1.52. The Morgan fingerprint density at radius 2 is 1.87 bits per heavy atom. The van der Waals surface area contributed by atoms with Crippen molar-refractivity contribution in [2.45, 2.75) is 38.5 Å². The highest BCUT2D eigenvalue weighted by atomic mass is 19.4. The number of esters is 1. The highest BCUT2D eigenvalue weighted by Gasteiger charge is 2.33. The van der Waals surface area contributed by atoms with Gasteiger partial charge in [-0.3, -0.25) is 9.59 Å². The summed E-state index contributed by atoms with van der Waals surface area (Å²) in [6.45, 7) is 0.737. The van der Waals surface area contributed by atoms with E-state index in [1.165, 1.54) is 19.2 Å². The van der Waals surface area contributed by atoms with Gasteiger partial charge in [-0.15, -0.1) is 0 Å². The number of halogens is 3. The van der Waals surface area contributed by atoms with Crippen LogP contribution in [0.1, 0.15) is 34.4 Å². The molecule has 1 aromatic heterocycles. The molecule has 1 N–H and O–H groups in total. The summed E-state index contributed by atoms with van der Waals surface area (Å²) in [7, 11) is 3.07. The minimum atomic E-state index is -4.44. The normalized spacial score (nSPS) is 15.4. The van der Waals surface area contributed by atoms with E-state index in [4.69, 9.17) is 9.47 Å². The number of nitrogens with zero attached hydrogens (tertiary/aromatic N) is 2. The van der Waals surface area contributed by atoms with Crippen LogP contribution in [0.15, 0.2) is 60.7 Å². The number of aromatic nitrogens is 1. The van der Waals surface area contributed by atoms with Crippen LogP contribution in [0.3, 0.4) is 0 Å². The molecule has 0 saturated heterocycles. The standard InChI is InChI=1S/C29H30F3N3O4/c1-33-26-5-3-4-24(34-26)12-13-39-25-11-8-20-14-21(16-27(36)38-2)28(37)35(18-22(20)15-25)17-19-6-9-23(10-7-19)29(30,31)32/h3-11,15,21H,12-14,16-18H2,1-2H3,(H,33,34)/t21-/m0/s1. The predicted molar refractivity (Wildman–Crippen MR) is 139 cm³/mol. The summed E-state index contributed by atoms with van der Waals surface area (Å²) in [5.74, 6) is 0.00537. The number of alkyl halides is 3. The van der Waals surface area contributed by atoms with E-state index in [9.17, 15) is 22.8 Å². The molecular weight excluding hydrogens is 511 g/mol. The molecule has 7 nitrogen and oxygen atoms in total. The first-order valence-electron chi connectivity index (χ1n) is 12.6. The first-order valence-corrected chi connectivity index (χ1v) is 12.6. The van der Waals surface area contributed by atoms with Crippen LogP contribution < -0.4 is 10.1 Å². The predicted octanol–water partition coefficient (Wildman–Crippen LogP) is 5.03. The first kappa shape index (κ1) is 27.9. The van der Waals surface area contributed by atoms with Crippen LogP contribution in [0.25, 0.3) is 0 Å². The van der Waals surface area contributed by atoms with Crippen LogP contribution in [-0.2, 0) is 46.4 Å². The zero-order chi connectivity index (χ0) is 28.0. The molecule has 0 saturated carbocycles. The van der Waals surface area contributed by atoms with E-state index in [2.05, 4.69) is 10.3 Å². The first-order chi connectivity index (χ1) is 18.7. The van der Waals surface area contributed by atoms with E-state index in [-0.39, 0.29) is 25.4 Å². The molecule has 10 heteroatoms. The van der Waals surface area contributed by atoms with E-state index < -0.39 is 23.6 Å². The summed E-state index contributed by atoms with van der Waals surface area (Å²) in [5, 5.41) is 3.01. The molecule has 0 radical (unpaired) electrons. The van der Waals surface area contributed by atoms with Crippen LogP contribution in [0, 0.1) is 5.92 Å². The van der Waals surface area contributed by atoms with Gasteiger partial charge in [-0.2, -0.15) is 13.2 Å². The van der Waals surface area contributed by atoms with Crippen molar-refractivity contribution in [1.82, 2.24) is 9.88 Å². The number of pyridine rings is 1. The number of amides is 1. The molecule has 0 unspecified atom stereocenters. The zero-order valence-electron chi connectivity index (χ0n) is 21.8. The van der Waals surface area contributed by atoms with Gasteiger partial charge in [0.2, 0.25) is 5.91 Å². The van der Waals surface area contributed by atoms with Crippen molar-refractivity contribution in [3.63, 3.8) is 0 Å². The van der Waals surface area contributed by atoms with Gasteiger partial charge in [0.05, 0.1) is 31.6 Å². The average Bonchev–Trinajstić information content (AvgIpc) is 3.04. The molecule has 206 valence electrons. The Bertz CT molecular complexity index is 1310. The highest BCUT2D eigenvalue weighted by molar-refractivity contribution is 5.84. The Labute approximate surface area is 224 Å². The molecule has 0 fully saturated rings. The SMILES string of the molecule is CNc1cccc(CCOc2ccc3c(c2)CN(Cc2ccc(C(F)(F)F)cc2)C(=O)[C@H](CC(=O)OC)C3)n1. The number of ether oxygens (including phenoxy) is 2. The fourth-order valence-corrected chi connectivity index (χ4v) is 4.56. The lowest BCUT2D eigenvalue weighted by Crippen LogP contribution is -2.35. The summed E-state index contributed by atoms with van der Waals surface area (Å²) >= 11 is 0. The monoisotopic (exact) mass is 541 g/mol. The Kier molecular flexibility index (Phi) is 8.73. The van der Waals surface area contributed by atoms with E-state index in [1.54, 1.807) is 11.9 Å². The van der Waals surface area contributed by atoms with E-state index >= 15 is 0 Å². The highest BCUT2D eigenvalue weighted by Crippen LogP contribution is 2.31. The van der Waals surface area contributed by atoms with Crippen molar-refractivity contribution in [2.24, 2.45) is 5.92 Å². The van der Waals surface area contributed by atoms with Gasteiger partial charge in [0, 0.05) is 32.3 Å². The molecule has 1 amide bonds. The van der Waals surface area contributed by atoms with Gasteiger partial charge in [0.25, 0.3) is 0 Å². The number of benzene rings is 2. The van der Waals surface area contributed by atoms with E-state index in [1.807, 2.05) is 36.4 Å². The lowest BCUT2D eigenvalue weighted by Gasteiger charge is -2.24. The number of anilines is 1. The van der Waals surface area contributed by atoms with Crippen molar-refractivity contribution in [1.29, 1.82) is 0 Å². The number of fused-ring (bicyclic) bond motifs is 1. The number of carbonyl (C=O) groups excluding carboxylic acids is 2. The smallest absolute Gasteiger partial charge is 0.416 e. The van der Waals surface area contributed by atoms with Gasteiger partial charge >= 0.3 is 12.1 Å². The molecule has 0 bridgehead atoms. The molecule has 39 heavy (non-hydrogen) atoms. The number of hydrogen-bond acceptors (Lipinski definition) is 6. The van der Waals surface area contributed by atoms with Crippen LogP contribution in [0.5, 0.6) is 5.75 Å². The second kappa shape index (κ2) is 12.2. The molecule has 3 aromatic rings. The fourth-order valence-electron chi connectivity index (χ4n) is 4.56. The Morgan fingerprint density at radius 1 is 1.10 bits per heavy atom. The Morgan fingerprint density at radius 3 is 2.56 bits per heavy atom. The summed E-state index contributed by atoms with van der Waals surface area (Å²) in [4.78, 5) is 31.6. The van der Waals surface area contributed by atoms with Gasteiger partial charge in [0.15, 0.2) is 0 Å². The lowest BCUT2D eigenvalue weighted by atomic mass is 9.94. The molecule has 0 aliphatic carbocycles. The van der Waals surface area contributed by atoms with Gasteiger partial charge < -0.3 is 19.7 Å². The fraction of sp³-hybridized carbons (Fsp3) is 0.345. The largest absolute Gasteiger partial charge is 0.493 e. The summed E-state index contributed by atoms with van der Waals surface area (Å²) < 4.78 is 49.8. The van der Waals surface area contributed by atoms with Gasteiger partial charge in [-0.1, -0.05) is 24.3 Å². The topological polar surface area (TPSA) is 80.8 Å². The van der Waals surface area contributed by atoms with Crippen molar-refractivity contribution in [2.75, 3.05) is 26.1 Å². The van der Waals surface area contributed by atoms with Crippen LogP contribution in [-0.4, -0.2) is 42.5 Å². The Hall–Kier alpha value is -4.08. The van der Waals surface area contributed by atoms with Crippen molar-refractivity contribution in [3.05, 3.63) is 88.6 Å². The number of hydrogen-bond donors (Lipinski definition) is 1. The van der Waals surface area contributed by atoms with E-state index in [0.29, 0.717) is 30.8 Å². The number of carbonyl (C=O) groups is 2. The lowest BCUT2D eigenvalue weighted by molar-refractivity contribution is -0.147. The molecule has 2 aromatic carbocycles. The molecule has 0 spiro atoms. The third kappa shape index (κ3) is 7.28. The molecule has 1 aliphatic heterocycles. The maximum atomic E-state index is 13.5. The third-order valence-electron chi connectivity index (χ3n) is 6.65. The van der Waals surface area contributed by atoms with Crippen molar-refractivity contribution < 1.29 is 32.2 Å². The van der Waals surface area contributed by atoms with Crippen LogP contribution in [0.4, 0.5) is 19.0 Å². The number of methoxy groups -OCH3 is 1. The van der Waals surface area contributed by atoms with Crippen molar-refractivity contribution in [3.8, 4) is 5.75 Å². The molecular formula is C29H30F3N3O4. The molecule has 4 rings (SSSR count). The third-order valence-corrected chi connectivity index (χ3v) is 6.65. The van der Waals surface area contributed by atoms with E-state index in [0.717, 1.165) is 34.8 Å². The summed E-state index contributed by atoms with van der Waals surface area (Å²) in [6.07, 6.45) is -3.58. The van der Waals surface area contributed by atoms with Gasteiger partial charge in [0.1, 0.15) is 11.6 Å². The molecule has 1 atom stereocenters. The maximum Gasteiger partial charge on any atom is 0.416 e. The molecule has 2 heterocycles. The maximum absolute atomic E-state index is 13.5. The van der Waals surface area contributed by atoms with Crippen LogP contribution >= 0.6 is 0 Å². The number of rotatable bonds is 9. The average molecular weight is 542 g/mol. The summed E-state index contributed by atoms with van der Waals surface area (Å²) in [6, 6.07) is 16.1. The second-order valence-corrected chi connectivity index (χ2v) is 9.36.